The van der Waals surface area contributed by atoms with Gasteiger partial charge in [-0.2, -0.15) is 5.10 Å². The summed E-state index contributed by atoms with van der Waals surface area (Å²) in [4.78, 5) is 57.9. The number of nitrogens with one attached hydrogen (secondary N) is 2. The number of esters is 4. The predicted octanol–water partition coefficient (Wildman–Crippen LogP) is 0.0858. The number of hydrazone groups is 1. The van der Waals surface area contributed by atoms with Crippen LogP contribution in [0.3, 0.4) is 0 Å². The Hall–Kier alpha value is -4.18. The van der Waals surface area contributed by atoms with E-state index in [-0.39, 0.29) is 10.8 Å². The van der Waals surface area contributed by atoms with Crippen molar-refractivity contribution in [2.45, 2.75) is 51.4 Å². The topological polar surface area (TPSA) is 194 Å². The van der Waals surface area contributed by atoms with E-state index < -0.39 is 59.4 Å². The Morgan fingerprint density at radius 3 is 2.05 bits per heavy atom. The molecule has 2 rings (SSSR count). The molecule has 0 saturated carbocycles. The average Bonchev–Trinajstić information content (AvgIpc) is 2.81. The maximum Gasteiger partial charge on any atom is 0.339 e. The van der Waals surface area contributed by atoms with Crippen molar-refractivity contribution >= 4 is 53.1 Å². The van der Waals surface area contributed by atoms with E-state index in [2.05, 4.69) is 15.8 Å². The summed E-state index contributed by atoms with van der Waals surface area (Å²) in [6.07, 6.45) is -6.08. The first-order valence-electron chi connectivity index (χ1n) is 10.5. The van der Waals surface area contributed by atoms with Crippen molar-refractivity contribution in [3.8, 4) is 0 Å². The third-order valence-corrected chi connectivity index (χ3v) is 4.84. The maximum absolute atomic E-state index is 12.4. The number of nitro groups is 1. The molecule has 1 aliphatic rings. The van der Waals surface area contributed by atoms with Gasteiger partial charge in [0.05, 0.1) is 18.2 Å². The van der Waals surface area contributed by atoms with E-state index in [9.17, 15) is 29.3 Å². The summed E-state index contributed by atoms with van der Waals surface area (Å²) in [5, 5.41) is 17.1. The number of nitrogens with zero attached hydrogens (tertiary/aromatic N) is 2. The molecule has 1 fully saturated rings. The third kappa shape index (κ3) is 8.46. The van der Waals surface area contributed by atoms with E-state index in [0.29, 0.717) is 5.56 Å². The van der Waals surface area contributed by atoms with E-state index in [1.165, 1.54) is 30.5 Å². The van der Waals surface area contributed by atoms with Crippen LogP contribution in [0.1, 0.15) is 26.3 Å². The van der Waals surface area contributed by atoms with Crippen LogP contribution in [0.2, 0.25) is 0 Å². The molecule has 0 aromatic heterocycles. The monoisotopic (exact) mass is 540 g/mol. The first kappa shape index (κ1) is 29.1. The Morgan fingerprint density at radius 1 is 1.00 bits per heavy atom. The van der Waals surface area contributed by atoms with Crippen LogP contribution in [0.25, 0.3) is 0 Å². The lowest BCUT2D eigenvalue weighted by molar-refractivity contribution is -0.384. The number of nitro benzene ring substituents is 1. The Balaban J connectivity index is 2.26. The summed E-state index contributed by atoms with van der Waals surface area (Å²) in [5.41, 5.74) is 2.89. The Bertz CT molecular complexity index is 1080. The maximum atomic E-state index is 12.4. The summed E-state index contributed by atoms with van der Waals surface area (Å²) in [5.74, 6) is -3.42. The fourth-order valence-corrected chi connectivity index (χ4v) is 3.41. The van der Waals surface area contributed by atoms with Crippen molar-refractivity contribution in [2.24, 2.45) is 5.10 Å². The zero-order valence-corrected chi connectivity index (χ0v) is 20.9. The second kappa shape index (κ2) is 13.2. The normalized spacial score (nSPS) is 22.9. The molecule has 1 heterocycles. The van der Waals surface area contributed by atoms with Gasteiger partial charge in [0, 0.05) is 32.9 Å². The molecule has 37 heavy (non-hydrogen) atoms. The van der Waals surface area contributed by atoms with Gasteiger partial charge in [-0.25, -0.2) is 4.79 Å². The lowest BCUT2D eigenvalue weighted by atomic mass is 9.97. The van der Waals surface area contributed by atoms with Crippen molar-refractivity contribution in [1.29, 1.82) is 0 Å². The van der Waals surface area contributed by atoms with Crippen LogP contribution in [0, 0.1) is 10.1 Å². The van der Waals surface area contributed by atoms with Crippen LogP contribution in [0.15, 0.2) is 29.4 Å². The Morgan fingerprint density at radius 2 is 1.54 bits per heavy atom. The number of carbonyl (C=O) groups excluding carboxylic acids is 4. The van der Waals surface area contributed by atoms with Gasteiger partial charge in [0.2, 0.25) is 0 Å². The molecule has 1 saturated heterocycles. The molecule has 15 nitrogen and oxygen atoms in total. The van der Waals surface area contributed by atoms with Crippen molar-refractivity contribution in [3.63, 3.8) is 0 Å². The lowest BCUT2D eigenvalue weighted by Crippen LogP contribution is -2.67. The SMILES string of the molecule is COC(=O)[C@H]1O[C@@H](NC(=S)N/N=C/c2ccc([N+](=O)[O-])cc2)[C@H](OC(C)=O)[C@@H](OC(C)=O)[C@@H]1OC(C)=O. The van der Waals surface area contributed by atoms with Gasteiger partial charge in [0.1, 0.15) is 0 Å². The van der Waals surface area contributed by atoms with Gasteiger partial charge < -0.3 is 29.0 Å². The van der Waals surface area contributed by atoms with Gasteiger partial charge in [0.25, 0.3) is 5.69 Å². The van der Waals surface area contributed by atoms with Crippen LogP contribution < -0.4 is 10.7 Å². The highest BCUT2D eigenvalue weighted by Crippen LogP contribution is 2.28. The second-order valence-electron chi connectivity index (χ2n) is 7.41. The first-order valence-corrected chi connectivity index (χ1v) is 10.9. The average molecular weight is 541 g/mol. The van der Waals surface area contributed by atoms with Crippen molar-refractivity contribution < 1.29 is 47.8 Å². The number of methoxy groups -OCH3 is 1. The first-order chi connectivity index (χ1) is 17.4. The molecule has 16 heteroatoms. The summed E-state index contributed by atoms with van der Waals surface area (Å²) in [6.45, 7) is 3.21. The highest BCUT2D eigenvalue weighted by atomic mass is 32.1. The number of ether oxygens (including phenoxy) is 5. The molecule has 1 aromatic rings. The molecule has 5 atom stereocenters. The molecule has 1 aliphatic heterocycles. The van der Waals surface area contributed by atoms with Crippen LogP contribution in [0.4, 0.5) is 5.69 Å². The standard InChI is InChI=1S/C21H24N4O11S/c1-10(26)33-15-16(34-11(2)27)18(20(29)32-4)36-19(17(15)35-12(3)28)23-21(37)24-22-9-13-5-7-14(8-6-13)25(30)31/h5-9,15-19H,1-4H3,(H2,23,24,37)/b22-9+/t15-,16-,17+,18-,19+/m0/s1. The van der Waals surface area contributed by atoms with E-state index >= 15 is 0 Å². The Labute approximate surface area is 215 Å². The minimum absolute atomic E-state index is 0.0946. The molecule has 0 spiro atoms. The summed E-state index contributed by atoms with van der Waals surface area (Å²) >= 11 is 5.18. The van der Waals surface area contributed by atoms with Gasteiger partial charge in [-0.1, -0.05) is 0 Å². The van der Waals surface area contributed by atoms with Gasteiger partial charge >= 0.3 is 23.9 Å². The van der Waals surface area contributed by atoms with Crippen molar-refractivity contribution in [3.05, 3.63) is 39.9 Å². The molecule has 2 N–H and O–H groups in total. The molecule has 0 bridgehead atoms. The number of carbonyl (C=O) groups is 4. The van der Waals surface area contributed by atoms with E-state index in [1.54, 1.807) is 0 Å². The molecule has 0 radical (unpaired) electrons. The molecule has 0 aliphatic carbocycles. The lowest BCUT2D eigenvalue weighted by Gasteiger charge is -2.43. The van der Waals surface area contributed by atoms with Crippen LogP contribution in [-0.4, -0.2) is 77.9 Å². The molecule has 0 unspecified atom stereocenters. The van der Waals surface area contributed by atoms with Crippen LogP contribution >= 0.6 is 12.2 Å². The molecular weight excluding hydrogens is 516 g/mol. The van der Waals surface area contributed by atoms with Crippen molar-refractivity contribution in [2.75, 3.05) is 7.11 Å². The van der Waals surface area contributed by atoms with Crippen LogP contribution in [-0.2, 0) is 42.9 Å². The Kier molecular flexibility index (Phi) is 10.4. The van der Waals surface area contributed by atoms with Gasteiger partial charge in [-0.15, -0.1) is 0 Å². The van der Waals surface area contributed by atoms with Gasteiger partial charge in [-0.3, -0.25) is 29.9 Å². The molecule has 1 aromatic carbocycles. The molecular formula is C21H24N4O11S. The van der Waals surface area contributed by atoms with E-state index in [4.69, 9.17) is 35.9 Å². The summed E-state index contributed by atoms with van der Waals surface area (Å²) < 4.78 is 26.1. The van der Waals surface area contributed by atoms with E-state index in [1.807, 2.05) is 0 Å². The van der Waals surface area contributed by atoms with Gasteiger partial charge in [-0.05, 0) is 29.9 Å². The fourth-order valence-electron chi connectivity index (χ4n) is 3.24. The second-order valence-corrected chi connectivity index (χ2v) is 7.82. The largest absolute Gasteiger partial charge is 0.467 e. The number of thiocarbonyl (C=S) groups is 1. The number of non-ortho nitro benzene ring substituents is 1. The van der Waals surface area contributed by atoms with Crippen LogP contribution in [0.5, 0.6) is 0 Å². The summed E-state index contributed by atoms with van der Waals surface area (Å²) in [7, 11) is 1.07. The smallest absolute Gasteiger partial charge is 0.339 e. The minimum atomic E-state index is -1.59. The zero-order chi connectivity index (χ0) is 27.7. The summed E-state index contributed by atoms with van der Waals surface area (Å²) in [6, 6.07) is 5.50. The molecule has 200 valence electrons. The quantitative estimate of drug-likeness (QED) is 0.112. The minimum Gasteiger partial charge on any atom is -0.467 e. The zero-order valence-electron chi connectivity index (χ0n) is 20.1. The number of hydrogen-bond donors (Lipinski definition) is 2. The number of hydrogen-bond acceptors (Lipinski definition) is 13. The molecule has 0 amide bonds. The predicted molar refractivity (Wildman–Crippen MR) is 127 cm³/mol. The number of rotatable bonds is 8. The fraction of sp³-hybridized carbons (Fsp3) is 0.429. The highest BCUT2D eigenvalue weighted by molar-refractivity contribution is 7.80. The van der Waals surface area contributed by atoms with Gasteiger partial charge in [0.15, 0.2) is 35.8 Å². The highest BCUT2D eigenvalue weighted by Gasteiger charge is 2.55. The van der Waals surface area contributed by atoms with E-state index in [0.717, 1.165) is 27.9 Å². The van der Waals surface area contributed by atoms with Crippen molar-refractivity contribution in [1.82, 2.24) is 10.7 Å². The number of benzene rings is 1. The third-order valence-electron chi connectivity index (χ3n) is 4.63.